The molecule has 0 radical (unpaired) electrons. The fourth-order valence-corrected chi connectivity index (χ4v) is 0.317. The van der Waals surface area contributed by atoms with Gasteiger partial charge >= 0.3 is 0 Å². The molecule has 0 aliphatic heterocycles. The van der Waals surface area contributed by atoms with Crippen LogP contribution in [0.2, 0.25) is 0 Å². The summed E-state index contributed by atoms with van der Waals surface area (Å²) in [5, 5.41) is 10.3. The number of tetrazole rings is 1. The van der Waals surface area contributed by atoms with Crippen molar-refractivity contribution in [2.24, 2.45) is 0 Å². The number of methoxy groups -OCH3 is 1. The molecule has 6 nitrogen and oxygen atoms in total. The maximum absolute atomic E-state index is 4.70. The topological polar surface area (TPSA) is 62.1 Å². The lowest BCUT2D eigenvalue weighted by atomic mass is 11.4. The molecule has 0 saturated carbocycles. The first kappa shape index (κ1) is 5.96. The highest BCUT2D eigenvalue weighted by Crippen LogP contribution is 1.66. The Morgan fingerprint density at radius 1 is 1.67 bits per heavy atom. The Morgan fingerprint density at radius 2 is 2.56 bits per heavy atom. The Morgan fingerprint density at radius 3 is 3.11 bits per heavy atom. The summed E-state index contributed by atoms with van der Waals surface area (Å²) in [6.07, 6.45) is 1.27. The average molecular weight is 130 g/mol. The highest BCUT2D eigenvalue weighted by molar-refractivity contribution is 4.29. The second-order valence-electron chi connectivity index (χ2n) is 1.22. The van der Waals surface area contributed by atoms with Crippen LogP contribution in [-0.4, -0.2) is 34.3 Å². The van der Waals surface area contributed by atoms with Gasteiger partial charge in [0.15, 0.2) is 6.33 Å². The lowest BCUT2D eigenvalue weighted by Gasteiger charge is -1.97. The summed E-state index contributed by atoms with van der Waals surface area (Å²) in [4.78, 5) is 5.68. The van der Waals surface area contributed by atoms with Gasteiger partial charge in [-0.1, -0.05) is 0 Å². The van der Waals surface area contributed by atoms with Gasteiger partial charge in [0.2, 0.25) is 6.79 Å². The molecule has 0 aromatic carbocycles. The highest BCUT2D eigenvalue weighted by atomic mass is 16.8. The molecule has 1 rings (SSSR count). The summed E-state index contributed by atoms with van der Waals surface area (Å²) in [7, 11) is 1.51. The molecule has 0 saturated heterocycles. The molecule has 0 unspecified atom stereocenters. The molecule has 0 amide bonds. The third-order valence-electron chi connectivity index (χ3n) is 0.616. The van der Waals surface area contributed by atoms with Gasteiger partial charge < -0.3 is 9.57 Å². The lowest BCUT2D eigenvalue weighted by Crippen LogP contribution is -2.16. The smallest absolute Gasteiger partial charge is 0.218 e. The van der Waals surface area contributed by atoms with Gasteiger partial charge in [0.05, 0.1) is 0 Å². The first-order chi connectivity index (χ1) is 4.43. The Kier molecular flexibility index (Phi) is 1.97. The largest absolute Gasteiger partial charge is 0.351 e. The first-order valence-electron chi connectivity index (χ1n) is 2.28. The van der Waals surface area contributed by atoms with E-state index in [9.17, 15) is 0 Å². The van der Waals surface area contributed by atoms with E-state index in [4.69, 9.17) is 4.84 Å². The molecule has 1 heterocycles. The molecular formula is C3H6N4O2. The summed E-state index contributed by atoms with van der Waals surface area (Å²) in [5.74, 6) is 0. The van der Waals surface area contributed by atoms with Crippen molar-refractivity contribution in [3.63, 3.8) is 0 Å². The summed E-state index contributed by atoms with van der Waals surface area (Å²) >= 11 is 0. The van der Waals surface area contributed by atoms with Crippen LogP contribution in [0.15, 0.2) is 6.33 Å². The molecule has 0 aliphatic rings. The van der Waals surface area contributed by atoms with Crippen LogP contribution in [0.25, 0.3) is 0 Å². The minimum absolute atomic E-state index is 0.121. The standard InChI is InChI=1S/C3H6N4O2/c1-8-3-9-7-5-2-4-6-7/h2H,3H2,1H3. The normalized spacial score (nSPS) is 9.44. The quantitative estimate of drug-likeness (QED) is 0.476. The van der Waals surface area contributed by atoms with E-state index >= 15 is 0 Å². The molecule has 50 valence electrons. The highest BCUT2D eigenvalue weighted by Gasteiger charge is 1.87. The van der Waals surface area contributed by atoms with Crippen LogP contribution in [0.1, 0.15) is 0 Å². The van der Waals surface area contributed by atoms with Crippen molar-refractivity contribution in [3.05, 3.63) is 6.33 Å². The zero-order valence-electron chi connectivity index (χ0n) is 4.89. The molecule has 6 heteroatoms. The van der Waals surface area contributed by atoms with Crippen molar-refractivity contribution < 1.29 is 9.57 Å². The zero-order valence-corrected chi connectivity index (χ0v) is 4.89. The molecule has 0 fully saturated rings. The number of hydrogen-bond acceptors (Lipinski definition) is 5. The summed E-state index contributed by atoms with van der Waals surface area (Å²) in [5.41, 5.74) is 0. The predicted octanol–water partition coefficient (Wildman–Crippen LogP) is -1.29. The molecular weight excluding hydrogens is 124 g/mol. The third kappa shape index (κ3) is 1.65. The zero-order chi connectivity index (χ0) is 6.53. The second-order valence-corrected chi connectivity index (χ2v) is 1.22. The molecule has 0 aliphatic carbocycles. The van der Waals surface area contributed by atoms with Crippen LogP contribution in [0, 0.1) is 0 Å². The van der Waals surface area contributed by atoms with Crippen LogP contribution in [0.3, 0.4) is 0 Å². The summed E-state index contributed by atoms with van der Waals surface area (Å²) in [6.45, 7) is 0.121. The van der Waals surface area contributed by atoms with E-state index in [1.165, 1.54) is 13.4 Å². The van der Waals surface area contributed by atoms with Crippen LogP contribution in [0.4, 0.5) is 0 Å². The Hall–Kier alpha value is -1.17. The number of nitrogens with zero attached hydrogens (tertiary/aromatic N) is 4. The number of rotatable bonds is 3. The average Bonchev–Trinajstić information content (AvgIpc) is 2.34. The monoisotopic (exact) mass is 130 g/mol. The van der Waals surface area contributed by atoms with Crippen molar-refractivity contribution >= 4 is 0 Å². The van der Waals surface area contributed by atoms with Gasteiger partial charge in [0.1, 0.15) is 0 Å². The first-order valence-corrected chi connectivity index (χ1v) is 2.28. The van der Waals surface area contributed by atoms with Crippen LogP contribution in [0.5, 0.6) is 0 Å². The second kappa shape index (κ2) is 2.98. The van der Waals surface area contributed by atoms with Gasteiger partial charge in [-0.05, 0) is 5.21 Å². The van der Waals surface area contributed by atoms with E-state index in [0.717, 1.165) is 4.96 Å². The van der Waals surface area contributed by atoms with Crippen molar-refractivity contribution in [3.8, 4) is 0 Å². The van der Waals surface area contributed by atoms with Crippen molar-refractivity contribution in [1.82, 2.24) is 20.4 Å². The van der Waals surface area contributed by atoms with Crippen molar-refractivity contribution in [1.29, 1.82) is 0 Å². The summed E-state index contributed by atoms with van der Waals surface area (Å²) < 4.78 is 4.56. The van der Waals surface area contributed by atoms with E-state index in [-0.39, 0.29) is 6.79 Å². The maximum atomic E-state index is 4.70. The molecule has 0 spiro atoms. The fourth-order valence-electron chi connectivity index (χ4n) is 0.317. The Balaban J connectivity index is 2.30. The SMILES string of the molecule is COCOn1ncnn1. The molecule has 0 atom stereocenters. The number of aromatic nitrogens is 4. The molecule has 0 N–H and O–H groups in total. The van der Waals surface area contributed by atoms with E-state index in [0.29, 0.717) is 0 Å². The van der Waals surface area contributed by atoms with Gasteiger partial charge in [-0.25, -0.2) is 0 Å². The Bertz CT molecular complexity index is 151. The fraction of sp³-hybridized carbons (Fsp3) is 0.667. The van der Waals surface area contributed by atoms with Crippen LogP contribution in [-0.2, 0) is 4.74 Å². The van der Waals surface area contributed by atoms with Crippen molar-refractivity contribution in [2.45, 2.75) is 0 Å². The number of hydrogen-bond donors (Lipinski definition) is 0. The molecule has 9 heavy (non-hydrogen) atoms. The van der Waals surface area contributed by atoms with Crippen molar-refractivity contribution in [2.75, 3.05) is 13.9 Å². The third-order valence-corrected chi connectivity index (χ3v) is 0.616. The molecule has 1 aromatic rings. The predicted molar refractivity (Wildman–Crippen MR) is 26.3 cm³/mol. The van der Waals surface area contributed by atoms with Gasteiger partial charge in [-0.15, -0.1) is 10.2 Å². The Labute approximate surface area is 51.3 Å². The minimum atomic E-state index is 0.121. The van der Waals surface area contributed by atoms with Gasteiger partial charge in [-0.2, -0.15) is 0 Å². The molecule has 1 aromatic heterocycles. The lowest BCUT2D eigenvalue weighted by molar-refractivity contribution is -0.0677. The van der Waals surface area contributed by atoms with Crippen LogP contribution >= 0.6 is 0 Å². The van der Waals surface area contributed by atoms with Crippen LogP contribution < -0.4 is 4.84 Å². The molecule has 0 bridgehead atoms. The van der Waals surface area contributed by atoms with E-state index < -0.39 is 0 Å². The van der Waals surface area contributed by atoms with E-state index in [2.05, 4.69) is 20.1 Å². The maximum Gasteiger partial charge on any atom is 0.218 e. The van der Waals surface area contributed by atoms with Gasteiger partial charge in [0.25, 0.3) is 0 Å². The van der Waals surface area contributed by atoms with Gasteiger partial charge in [-0.3, -0.25) is 0 Å². The minimum Gasteiger partial charge on any atom is -0.351 e. The van der Waals surface area contributed by atoms with E-state index in [1.807, 2.05) is 0 Å². The van der Waals surface area contributed by atoms with E-state index in [1.54, 1.807) is 0 Å². The van der Waals surface area contributed by atoms with Gasteiger partial charge in [0, 0.05) is 12.1 Å². The summed E-state index contributed by atoms with van der Waals surface area (Å²) in [6, 6.07) is 0. The number of ether oxygens (including phenoxy) is 1.